The molecule has 0 radical (unpaired) electrons. The standard InChI is InChI=1S/C22H22N2O3S2/c1-15-3-6-18(7-4-15)23-29(26,27)19-8-5-16(2)20(13-19)22(25)24-11-9-21-17(14-24)10-12-28-21/h3-8,10,12-13,23H,9,11,14H2,1-2H3. The van der Waals surface area contributed by atoms with Gasteiger partial charge in [0.25, 0.3) is 15.9 Å². The van der Waals surface area contributed by atoms with Crippen molar-refractivity contribution in [3.8, 4) is 0 Å². The molecule has 4 rings (SSSR count). The minimum Gasteiger partial charge on any atom is -0.334 e. The smallest absolute Gasteiger partial charge is 0.261 e. The van der Waals surface area contributed by atoms with Gasteiger partial charge < -0.3 is 4.90 Å². The van der Waals surface area contributed by atoms with Crippen molar-refractivity contribution in [2.75, 3.05) is 11.3 Å². The third-order valence-electron chi connectivity index (χ3n) is 5.15. The molecule has 0 fully saturated rings. The van der Waals surface area contributed by atoms with Gasteiger partial charge in [0, 0.05) is 29.2 Å². The summed E-state index contributed by atoms with van der Waals surface area (Å²) in [4.78, 5) is 16.3. The van der Waals surface area contributed by atoms with Crippen molar-refractivity contribution in [1.29, 1.82) is 0 Å². The fraction of sp³-hybridized carbons (Fsp3) is 0.227. The van der Waals surface area contributed by atoms with Crippen molar-refractivity contribution in [3.05, 3.63) is 81.0 Å². The van der Waals surface area contributed by atoms with Crippen LogP contribution in [-0.4, -0.2) is 25.8 Å². The molecule has 0 aliphatic carbocycles. The molecule has 2 aromatic carbocycles. The van der Waals surface area contributed by atoms with Crippen LogP contribution in [0, 0.1) is 13.8 Å². The van der Waals surface area contributed by atoms with E-state index in [1.165, 1.54) is 22.6 Å². The first-order valence-corrected chi connectivity index (χ1v) is 11.7. The lowest BCUT2D eigenvalue weighted by Gasteiger charge is -2.27. The molecule has 2 heterocycles. The van der Waals surface area contributed by atoms with Crippen LogP contribution in [0.15, 0.2) is 58.8 Å². The van der Waals surface area contributed by atoms with Crippen molar-refractivity contribution in [2.45, 2.75) is 31.7 Å². The highest BCUT2D eigenvalue weighted by atomic mass is 32.2. The molecular weight excluding hydrogens is 404 g/mol. The first kappa shape index (κ1) is 19.7. The maximum absolute atomic E-state index is 13.1. The molecule has 1 aromatic heterocycles. The molecule has 0 atom stereocenters. The topological polar surface area (TPSA) is 66.5 Å². The Hall–Kier alpha value is -2.64. The van der Waals surface area contributed by atoms with E-state index < -0.39 is 10.0 Å². The summed E-state index contributed by atoms with van der Waals surface area (Å²) in [6.07, 6.45) is 0.838. The maximum atomic E-state index is 13.1. The number of fused-ring (bicyclic) bond motifs is 1. The van der Waals surface area contributed by atoms with E-state index in [-0.39, 0.29) is 10.8 Å². The zero-order valence-corrected chi connectivity index (χ0v) is 17.9. The summed E-state index contributed by atoms with van der Waals surface area (Å²) in [5, 5.41) is 2.05. The van der Waals surface area contributed by atoms with Crippen LogP contribution in [0.1, 0.15) is 31.9 Å². The van der Waals surface area contributed by atoms with E-state index in [1.807, 2.05) is 31.4 Å². The van der Waals surface area contributed by atoms with Crippen molar-refractivity contribution in [3.63, 3.8) is 0 Å². The molecule has 1 aliphatic rings. The zero-order valence-electron chi connectivity index (χ0n) is 16.3. The summed E-state index contributed by atoms with van der Waals surface area (Å²) < 4.78 is 28.3. The number of aryl methyl sites for hydroxylation is 2. The van der Waals surface area contributed by atoms with E-state index in [1.54, 1.807) is 34.4 Å². The Labute approximate surface area is 175 Å². The van der Waals surface area contributed by atoms with Crippen LogP contribution >= 0.6 is 11.3 Å². The van der Waals surface area contributed by atoms with Gasteiger partial charge in [-0.3, -0.25) is 9.52 Å². The Kier molecular flexibility index (Phi) is 5.19. The number of carbonyl (C=O) groups excluding carboxylic acids is 1. The van der Waals surface area contributed by atoms with Gasteiger partial charge in [-0.05, 0) is 67.1 Å². The number of nitrogens with zero attached hydrogens (tertiary/aromatic N) is 1. The molecule has 0 saturated carbocycles. The van der Waals surface area contributed by atoms with Gasteiger partial charge in [0.15, 0.2) is 0 Å². The molecule has 0 spiro atoms. The van der Waals surface area contributed by atoms with E-state index in [9.17, 15) is 13.2 Å². The number of amides is 1. The average Bonchev–Trinajstić information content (AvgIpc) is 3.17. The van der Waals surface area contributed by atoms with E-state index in [4.69, 9.17) is 0 Å². The summed E-state index contributed by atoms with van der Waals surface area (Å²) in [7, 11) is -3.79. The number of sulfonamides is 1. The van der Waals surface area contributed by atoms with Gasteiger partial charge in [-0.2, -0.15) is 0 Å². The number of hydrogen-bond acceptors (Lipinski definition) is 4. The third kappa shape index (κ3) is 4.06. The molecule has 3 aromatic rings. The molecule has 150 valence electrons. The molecular formula is C22H22N2O3S2. The zero-order chi connectivity index (χ0) is 20.6. The lowest BCUT2D eigenvalue weighted by atomic mass is 10.0. The normalized spacial score (nSPS) is 13.8. The number of rotatable bonds is 4. The predicted octanol–water partition coefficient (Wildman–Crippen LogP) is 4.36. The van der Waals surface area contributed by atoms with E-state index >= 15 is 0 Å². The summed E-state index contributed by atoms with van der Waals surface area (Å²) >= 11 is 1.72. The van der Waals surface area contributed by atoms with Crippen molar-refractivity contribution in [2.24, 2.45) is 0 Å². The van der Waals surface area contributed by atoms with Crippen LogP contribution < -0.4 is 4.72 Å². The Morgan fingerprint density at radius 1 is 1.07 bits per heavy atom. The molecule has 1 amide bonds. The third-order valence-corrected chi connectivity index (χ3v) is 7.55. The number of nitrogens with one attached hydrogen (secondary N) is 1. The van der Waals surface area contributed by atoms with Crippen molar-refractivity contribution in [1.82, 2.24) is 4.90 Å². The van der Waals surface area contributed by atoms with Gasteiger partial charge in [-0.15, -0.1) is 11.3 Å². The first-order chi connectivity index (χ1) is 13.8. The van der Waals surface area contributed by atoms with Gasteiger partial charge in [-0.1, -0.05) is 23.8 Å². The molecule has 5 nitrogen and oxygen atoms in total. The number of hydrogen-bond donors (Lipinski definition) is 1. The largest absolute Gasteiger partial charge is 0.334 e. The first-order valence-electron chi connectivity index (χ1n) is 9.38. The summed E-state index contributed by atoms with van der Waals surface area (Å²) in [5.41, 5.74) is 3.91. The van der Waals surface area contributed by atoms with E-state index in [0.29, 0.717) is 24.3 Å². The van der Waals surface area contributed by atoms with E-state index in [0.717, 1.165) is 17.5 Å². The van der Waals surface area contributed by atoms with Crippen LogP contribution in [0.5, 0.6) is 0 Å². The number of thiophene rings is 1. The molecule has 1 N–H and O–H groups in total. The molecule has 7 heteroatoms. The number of carbonyl (C=O) groups is 1. The summed E-state index contributed by atoms with van der Waals surface area (Å²) in [6.45, 7) is 4.98. The van der Waals surface area contributed by atoms with Gasteiger partial charge in [0.05, 0.1) is 4.90 Å². The fourth-order valence-electron chi connectivity index (χ4n) is 3.43. The van der Waals surface area contributed by atoms with Crippen LogP contribution in [0.2, 0.25) is 0 Å². The SMILES string of the molecule is Cc1ccc(NS(=O)(=O)c2ccc(C)c(C(=O)N3CCc4sccc4C3)c2)cc1. The molecule has 1 aliphatic heterocycles. The predicted molar refractivity (Wildman–Crippen MR) is 116 cm³/mol. The van der Waals surface area contributed by atoms with Crippen LogP contribution in [-0.2, 0) is 23.0 Å². The second-order valence-electron chi connectivity index (χ2n) is 7.29. The highest BCUT2D eigenvalue weighted by Crippen LogP contribution is 2.26. The Morgan fingerprint density at radius 3 is 2.59 bits per heavy atom. The van der Waals surface area contributed by atoms with Crippen molar-refractivity contribution >= 4 is 33.0 Å². The second-order valence-corrected chi connectivity index (χ2v) is 9.98. The Morgan fingerprint density at radius 2 is 1.83 bits per heavy atom. The molecule has 0 unspecified atom stereocenters. The lowest BCUT2D eigenvalue weighted by Crippen LogP contribution is -2.35. The highest BCUT2D eigenvalue weighted by molar-refractivity contribution is 7.92. The second kappa shape index (κ2) is 7.65. The average molecular weight is 427 g/mol. The lowest BCUT2D eigenvalue weighted by molar-refractivity contribution is 0.0735. The molecule has 29 heavy (non-hydrogen) atoms. The van der Waals surface area contributed by atoms with Crippen LogP contribution in [0.4, 0.5) is 5.69 Å². The van der Waals surface area contributed by atoms with Crippen LogP contribution in [0.3, 0.4) is 0 Å². The Balaban J connectivity index is 1.60. The summed E-state index contributed by atoms with van der Waals surface area (Å²) in [6, 6.07) is 13.9. The van der Waals surface area contributed by atoms with Crippen LogP contribution in [0.25, 0.3) is 0 Å². The molecule has 0 bridgehead atoms. The minimum absolute atomic E-state index is 0.0836. The highest BCUT2D eigenvalue weighted by Gasteiger charge is 2.25. The Bertz CT molecular complexity index is 1170. The van der Waals surface area contributed by atoms with Crippen molar-refractivity contribution < 1.29 is 13.2 Å². The fourth-order valence-corrected chi connectivity index (χ4v) is 5.40. The monoisotopic (exact) mass is 426 g/mol. The van der Waals surface area contributed by atoms with Gasteiger partial charge >= 0.3 is 0 Å². The van der Waals surface area contributed by atoms with Gasteiger partial charge in [0.1, 0.15) is 0 Å². The van der Waals surface area contributed by atoms with E-state index in [2.05, 4.69) is 10.8 Å². The minimum atomic E-state index is -3.79. The number of benzene rings is 2. The number of anilines is 1. The molecule has 0 saturated heterocycles. The quantitative estimate of drug-likeness (QED) is 0.674. The maximum Gasteiger partial charge on any atom is 0.261 e. The van der Waals surface area contributed by atoms with Gasteiger partial charge in [0.2, 0.25) is 0 Å². The summed E-state index contributed by atoms with van der Waals surface area (Å²) in [5.74, 6) is -0.133. The van der Waals surface area contributed by atoms with Gasteiger partial charge in [-0.25, -0.2) is 8.42 Å².